The van der Waals surface area contributed by atoms with Gasteiger partial charge in [-0.2, -0.15) is 0 Å². The molecule has 2 amide bonds. The lowest BCUT2D eigenvalue weighted by atomic mass is 10.1. The molecule has 2 heterocycles. The highest BCUT2D eigenvalue weighted by atomic mass is 16.5. The van der Waals surface area contributed by atoms with E-state index in [1.54, 1.807) is 12.0 Å². The van der Waals surface area contributed by atoms with Crippen molar-refractivity contribution in [2.75, 3.05) is 19.0 Å². The number of rotatable bonds is 3. The van der Waals surface area contributed by atoms with Crippen molar-refractivity contribution in [2.24, 2.45) is 0 Å². The number of carbonyl (C=O) groups is 1. The predicted molar refractivity (Wildman–Crippen MR) is 81.9 cm³/mol. The van der Waals surface area contributed by atoms with Crippen molar-refractivity contribution in [3.8, 4) is 5.75 Å². The standard InChI is InChI=1S/C16H19N3O3/c1-11-10-13(18-22-11)14-7-5-9-19(14)16(20)17-12-6-3-4-8-15(12)21-2/h3-4,6,8,10,14H,5,7,9H2,1-2H3,(H,17,20)/t14-/m0/s1. The maximum atomic E-state index is 12.6. The summed E-state index contributed by atoms with van der Waals surface area (Å²) in [5, 5.41) is 6.96. The van der Waals surface area contributed by atoms with E-state index in [4.69, 9.17) is 9.26 Å². The van der Waals surface area contributed by atoms with Crippen molar-refractivity contribution in [2.45, 2.75) is 25.8 Å². The molecule has 1 aliphatic rings. The summed E-state index contributed by atoms with van der Waals surface area (Å²) in [6.45, 7) is 2.56. The van der Waals surface area contributed by atoms with Crippen LogP contribution in [0.5, 0.6) is 5.75 Å². The first-order valence-corrected chi connectivity index (χ1v) is 7.33. The number of hydrogen-bond acceptors (Lipinski definition) is 4. The Labute approximate surface area is 129 Å². The van der Waals surface area contributed by atoms with E-state index in [0.29, 0.717) is 18.0 Å². The minimum Gasteiger partial charge on any atom is -0.495 e. The van der Waals surface area contributed by atoms with Gasteiger partial charge in [0.05, 0.1) is 18.8 Å². The van der Waals surface area contributed by atoms with Gasteiger partial charge in [-0.05, 0) is 31.9 Å². The highest BCUT2D eigenvalue weighted by Crippen LogP contribution is 2.32. The lowest BCUT2D eigenvalue weighted by Crippen LogP contribution is -2.34. The first-order valence-electron chi connectivity index (χ1n) is 7.33. The molecule has 1 aromatic heterocycles. The van der Waals surface area contributed by atoms with Crippen LogP contribution in [0.2, 0.25) is 0 Å². The fraction of sp³-hybridized carbons (Fsp3) is 0.375. The number of amides is 2. The summed E-state index contributed by atoms with van der Waals surface area (Å²) in [6, 6.07) is 9.07. The Balaban J connectivity index is 1.76. The number of ether oxygens (including phenoxy) is 1. The molecule has 1 N–H and O–H groups in total. The van der Waals surface area contributed by atoms with Crippen LogP contribution in [0.15, 0.2) is 34.9 Å². The molecule has 1 fully saturated rings. The quantitative estimate of drug-likeness (QED) is 0.944. The molecule has 2 aromatic rings. The first kappa shape index (κ1) is 14.4. The number of benzene rings is 1. The van der Waals surface area contributed by atoms with Gasteiger partial charge in [-0.25, -0.2) is 4.79 Å². The molecular formula is C16H19N3O3. The second-order valence-electron chi connectivity index (χ2n) is 5.34. The van der Waals surface area contributed by atoms with Gasteiger partial charge in [-0.15, -0.1) is 0 Å². The zero-order valence-electron chi connectivity index (χ0n) is 12.7. The van der Waals surface area contributed by atoms with Gasteiger partial charge in [0.15, 0.2) is 0 Å². The average molecular weight is 301 g/mol. The van der Waals surface area contributed by atoms with E-state index in [1.807, 2.05) is 37.3 Å². The van der Waals surface area contributed by atoms with Gasteiger partial charge in [0.2, 0.25) is 0 Å². The average Bonchev–Trinajstić information content (AvgIpc) is 3.16. The van der Waals surface area contributed by atoms with E-state index in [0.717, 1.165) is 24.3 Å². The monoisotopic (exact) mass is 301 g/mol. The second kappa shape index (κ2) is 6.09. The Kier molecular flexibility index (Phi) is 4.00. The van der Waals surface area contributed by atoms with Crippen LogP contribution in [0, 0.1) is 6.92 Å². The summed E-state index contributed by atoms with van der Waals surface area (Å²) in [5.74, 6) is 1.40. The number of nitrogens with one attached hydrogen (secondary N) is 1. The van der Waals surface area contributed by atoms with Crippen LogP contribution >= 0.6 is 0 Å². The number of likely N-dealkylation sites (tertiary alicyclic amines) is 1. The first-order chi connectivity index (χ1) is 10.7. The Hall–Kier alpha value is -2.50. The third kappa shape index (κ3) is 2.77. The summed E-state index contributed by atoms with van der Waals surface area (Å²) in [4.78, 5) is 14.4. The molecule has 22 heavy (non-hydrogen) atoms. The number of carbonyl (C=O) groups excluding carboxylic acids is 1. The van der Waals surface area contributed by atoms with Gasteiger partial charge in [-0.3, -0.25) is 0 Å². The van der Waals surface area contributed by atoms with Crippen molar-refractivity contribution in [1.82, 2.24) is 10.1 Å². The largest absolute Gasteiger partial charge is 0.495 e. The lowest BCUT2D eigenvalue weighted by Gasteiger charge is -2.23. The van der Waals surface area contributed by atoms with Gasteiger partial charge >= 0.3 is 6.03 Å². The van der Waals surface area contributed by atoms with Gasteiger partial charge in [0.1, 0.15) is 17.2 Å². The molecular weight excluding hydrogens is 282 g/mol. The number of urea groups is 1. The smallest absolute Gasteiger partial charge is 0.322 e. The number of anilines is 1. The highest BCUT2D eigenvalue weighted by Gasteiger charge is 2.32. The minimum absolute atomic E-state index is 0.0350. The van der Waals surface area contributed by atoms with Crippen molar-refractivity contribution in [1.29, 1.82) is 0 Å². The molecule has 116 valence electrons. The van der Waals surface area contributed by atoms with E-state index >= 15 is 0 Å². The van der Waals surface area contributed by atoms with E-state index in [2.05, 4.69) is 10.5 Å². The Morgan fingerprint density at radius 3 is 3.00 bits per heavy atom. The summed E-state index contributed by atoms with van der Waals surface area (Å²) < 4.78 is 10.4. The molecule has 1 aliphatic heterocycles. The van der Waals surface area contributed by atoms with Crippen LogP contribution in [0.1, 0.15) is 30.3 Å². The zero-order chi connectivity index (χ0) is 15.5. The fourth-order valence-corrected chi connectivity index (χ4v) is 2.79. The molecule has 0 bridgehead atoms. The molecule has 0 aliphatic carbocycles. The Morgan fingerprint density at radius 1 is 1.45 bits per heavy atom. The molecule has 0 radical (unpaired) electrons. The molecule has 0 unspecified atom stereocenters. The molecule has 0 spiro atoms. The van der Waals surface area contributed by atoms with Crippen LogP contribution in [0.4, 0.5) is 10.5 Å². The fourth-order valence-electron chi connectivity index (χ4n) is 2.79. The molecule has 6 heteroatoms. The zero-order valence-corrected chi connectivity index (χ0v) is 12.7. The van der Waals surface area contributed by atoms with Crippen molar-refractivity contribution in [3.63, 3.8) is 0 Å². The highest BCUT2D eigenvalue weighted by molar-refractivity contribution is 5.91. The van der Waals surface area contributed by atoms with Gasteiger partial charge in [-0.1, -0.05) is 17.3 Å². The third-order valence-corrected chi connectivity index (χ3v) is 3.85. The second-order valence-corrected chi connectivity index (χ2v) is 5.34. The summed E-state index contributed by atoms with van der Waals surface area (Å²) in [5.41, 5.74) is 1.47. The van der Waals surface area contributed by atoms with Crippen LogP contribution in [-0.2, 0) is 0 Å². The van der Waals surface area contributed by atoms with E-state index < -0.39 is 0 Å². The number of para-hydroxylation sites is 2. The molecule has 1 aromatic carbocycles. The van der Waals surface area contributed by atoms with Gasteiger partial charge in [0, 0.05) is 12.6 Å². The van der Waals surface area contributed by atoms with Crippen molar-refractivity contribution < 1.29 is 14.1 Å². The Bertz CT molecular complexity index is 668. The summed E-state index contributed by atoms with van der Waals surface area (Å²) >= 11 is 0. The summed E-state index contributed by atoms with van der Waals surface area (Å²) in [7, 11) is 1.59. The predicted octanol–water partition coefficient (Wildman–Crippen LogP) is 3.36. The number of hydrogen-bond donors (Lipinski definition) is 1. The van der Waals surface area contributed by atoms with E-state index in [1.165, 1.54) is 0 Å². The number of methoxy groups -OCH3 is 1. The number of aromatic nitrogens is 1. The van der Waals surface area contributed by atoms with Gasteiger partial charge in [0.25, 0.3) is 0 Å². The topological polar surface area (TPSA) is 67.6 Å². The lowest BCUT2D eigenvalue weighted by molar-refractivity contribution is 0.204. The van der Waals surface area contributed by atoms with Crippen LogP contribution in [0.3, 0.4) is 0 Å². The number of nitrogens with zero attached hydrogens (tertiary/aromatic N) is 2. The van der Waals surface area contributed by atoms with Gasteiger partial charge < -0.3 is 19.5 Å². The third-order valence-electron chi connectivity index (χ3n) is 3.85. The molecule has 1 atom stereocenters. The van der Waals surface area contributed by atoms with Crippen molar-refractivity contribution >= 4 is 11.7 Å². The van der Waals surface area contributed by atoms with Crippen LogP contribution in [-0.4, -0.2) is 29.7 Å². The molecule has 0 saturated carbocycles. The van der Waals surface area contributed by atoms with Crippen LogP contribution < -0.4 is 10.1 Å². The number of aryl methyl sites for hydroxylation is 1. The van der Waals surface area contributed by atoms with E-state index in [-0.39, 0.29) is 12.1 Å². The SMILES string of the molecule is COc1ccccc1NC(=O)N1CCC[C@H]1c1cc(C)on1. The maximum Gasteiger partial charge on any atom is 0.322 e. The minimum atomic E-state index is -0.146. The van der Waals surface area contributed by atoms with Crippen molar-refractivity contribution in [3.05, 3.63) is 41.8 Å². The maximum absolute atomic E-state index is 12.6. The molecule has 3 rings (SSSR count). The van der Waals surface area contributed by atoms with E-state index in [9.17, 15) is 4.79 Å². The Morgan fingerprint density at radius 2 is 2.27 bits per heavy atom. The molecule has 1 saturated heterocycles. The normalized spacial score (nSPS) is 17.5. The van der Waals surface area contributed by atoms with Crippen LogP contribution in [0.25, 0.3) is 0 Å². The summed E-state index contributed by atoms with van der Waals surface area (Å²) in [6.07, 6.45) is 1.85. The molecule has 6 nitrogen and oxygen atoms in total.